The van der Waals surface area contributed by atoms with E-state index in [4.69, 9.17) is 15.6 Å². The molecule has 5 nitrogen and oxygen atoms in total. The molecule has 1 rings (SSSR count). The van der Waals surface area contributed by atoms with Gasteiger partial charge in [0.15, 0.2) is 0 Å². The Balaban J connectivity index is 3.35. The summed E-state index contributed by atoms with van der Waals surface area (Å²) < 4.78 is 30.6. The van der Waals surface area contributed by atoms with Crippen LogP contribution >= 0.6 is 0 Å². The molecule has 17 heavy (non-hydrogen) atoms. The van der Waals surface area contributed by atoms with Crippen molar-refractivity contribution in [1.82, 2.24) is 4.98 Å². The van der Waals surface area contributed by atoms with Crippen molar-refractivity contribution in [1.29, 1.82) is 0 Å². The topological polar surface area (TPSA) is 85.4 Å². The lowest BCUT2D eigenvalue weighted by Crippen LogP contribution is -2.11. The molecular formula is C10H12F2N2O3. The Morgan fingerprint density at radius 2 is 2.29 bits per heavy atom. The summed E-state index contributed by atoms with van der Waals surface area (Å²) in [5.41, 5.74) is 5.04. The Morgan fingerprint density at radius 1 is 1.65 bits per heavy atom. The highest BCUT2D eigenvalue weighted by Crippen LogP contribution is 2.34. The normalized spacial score (nSPS) is 10.6. The number of pyridine rings is 1. The number of hydrogen-bond donors (Lipinski definition) is 2. The number of aliphatic carboxylic acids is 1. The Hall–Kier alpha value is -1.76. The van der Waals surface area contributed by atoms with Gasteiger partial charge in [-0.1, -0.05) is 0 Å². The minimum Gasteiger partial charge on any atom is -0.494 e. The maximum Gasteiger partial charge on any atom is 0.309 e. The molecule has 94 valence electrons. The monoisotopic (exact) mass is 246 g/mol. The molecule has 0 aliphatic carbocycles. The van der Waals surface area contributed by atoms with Crippen LogP contribution in [-0.2, 0) is 17.8 Å². The summed E-state index contributed by atoms with van der Waals surface area (Å²) in [5, 5.41) is 8.64. The number of nitrogens with zero attached hydrogens (tertiary/aromatic N) is 1. The van der Waals surface area contributed by atoms with E-state index in [1.165, 1.54) is 7.11 Å². The first kappa shape index (κ1) is 13.3. The van der Waals surface area contributed by atoms with Gasteiger partial charge in [-0.05, 0) is 5.56 Å². The van der Waals surface area contributed by atoms with E-state index >= 15 is 0 Å². The quantitative estimate of drug-likeness (QED) is 0.812. The van der Waals surface area contributed by atoms with Crippen LogP contribution in [0.2, 0.25) is 0 Å². The van der Waals surface area contributed by atoms with Gasteiger partial charge in [0.2, 0.25) is 0 Å². The summed E-state index contributed by atoms with van der Waals surface area (Å²) in [6.07, 6.45) is -2.12. The Morgan fingerprint density at radius 3 is 2.71 bits per heavy atom. The Labute approximate surface area is 96.2 Å². The molecule has 0 unspecified atom stereocenters. The molecule has 0 aliphatic heterocycles. The summed E-state index contributed by atoms with van der Waals surface area (Å²) in [5.74, 6) is -1.37. The molecular weight excluding hydrogens is 234 g/mol. The molecule has 1 aromatic heterocycles. The van der Waals surface area contributed by atoms with Gasteiger partial charge in [0, 0.05) is 12.7 Å². The molecule has 0 aliphatic rings. The highest BCUT2D eigenvalue weighted by Gasteiger charge is 2.23. The van der Waals surface area contributed by atoms with Crippen LogP contribution < -0.4 is 10.5 Å². The van der Waals surface area contributed by atoms with Gasteiger partial charge in [-0.25, -0.2) is 8.78 Å². The number of carboxylic acid groups (broad SMARTS) is 1. The molecule has 0 amide bonds. The van der Waals surface area contributed by atoms with Gasteiger partial charge in [-0.15, -0.1) is 0 Å². The van der Waals surface area contributed by atoms with Gasteiger partial charge in [0.05, 0.1) is 24.8 Å². The van der Waals surface area contributed by atoms with Crippen molar-refractivity contribution in [3.8, 4) is 5.75 Å². The standard InChI is InChI=1S/C10H12F2N2O3/c1-17-9-6(2-7(15)16)14-4-5(3-13)8(9)10(11)12/h4,10H,2-3,13H2,1H3,(H,15,16). The maximum absolute atomic E-state index is 12.9. The van der Waals surface area contributed by atoms with Gasteiger partial charge in [0.1, 0.15) is 5.75 Å². The summed E-state index contributed by atoms with van der Waals surface area (Å²) in [6.45, 7) is -0.115. The fourth-order valence-electron chi connectivity index (χ4n) is 1.48. The van der Waals surface area contributed by atoms with Gasteiger partial charge in [-0.2, -0.15) is 0 Å². The Kier molecular flexibility index (Phi) is 4.33. The Bertz CT molecular complexity index is 424. The molecule has 0 aromatic carbocycles. The van der Waals surface area contributed by atoms with Crippen LogP contribution in [0.4, 0.5) is 8.78 Å². The third-order valence-corrected chi connectivity index (χ3v) is 2.19. The lowest BCUT2D eigenvalue weighted by atomic mass is 10.1. The minimum absolute atomic E-state index is 0.0347. The number of carbonyl (C=O) groups is 1. The SMILES string of the molecule is COc1c(CC(=O)O)ncc(CN)c1C(F)F. The van der Waals surface area contributed by atoms with Crippen molar-refractivity contribution >= 4 is 5.97 Å². The number of hydrogen-bond acceptors (Lipinski definition) is 4. The van der Waals surface area contributed by atoms with Gasteiger partial charge in [0.25, 0.3) is 6.43 Å². The second kappa shape index (κ2) is 5.53. The second-order valence-corrected chi connectivity index (χ2v) is 3.25. The molecule has 0 saturated heterocycles. The van der Waals surface area contributed by atoms with E-state index in [1.54, 1.807) is 0 Å². The zero-order valence-corrected chi connectivity index (χ0v) is 9.11. The number of aromatic nitrogens is 1. The first-order valence-electron chi connectivity index (χ1n) is 4.75. The van der Waals surface area contributed by atoms with Crippen LogP contribution in [-0.4, -0.2) is 23.2 Å². The van der Waals surface area contributed by atoms with Gasteiger partial charge < -0.3 is 15.6 Å². The summed E-state index contributed by atoms with van der Waals surface area (Å²) in [6, 6.07) is 0. The molecule has 0 atom stereocenters. The lowest BCUT2D eigenvalue weighted by Gasteiger charge is -2.14. The number of ether oxygens (including phenoxy) is 1. The predicted octanol–water partition coefficient (Wildman–Crippen LogP) is 1.11. The number of methoxy groups -OCH3 is 1. The number of rotatable bonds is 5. The summed E-state index contributed by atoms with van der Waals surface area (Å²) >= 11 is 0. The van der Waals surface area contributed by atoms with Crippen molar-refractivity contribution in [2.75, 3.05) is 7.11 Å². The largest absolute Gasteiger partial charge is 0.494 e. The van der Waals surface area contributed by atoms with E-state index in [0.717, 1.165) is 6.20 Å². The van der Waals surface area contributed by atoms with Gasteiger partial charge in [-0.3, -0.25) is 9.78 Å². The van der Waals surface area contributed by atoms with Crippen LogP contribution in [0.5, 0.6) is 5.75 Å². The zero-order valence-electron chi connectivity index (χ0n) is 9.11. The van der Waals surface area contributed by atoms with E-state index in [2.05, 4.69) is 4.98 Å². The molecule has 0 spiro atoms. The third kappa shape index (κ3) is 2.88. The van der Waals surface area contributed by atoms with E-state index in [0.29, 0.717) is 0 Å². The van der Waals surface area contributed by atoms with Crippen molar-refractivity contribution < 1.29 is 23.4 Å². The molecule has 0 saturated carbocycles. The van der Waals surface area contributed by atoms with Crippen molar-refractivity contribution in [3.05, 3.63) is 23.0 Å². The predicted molar refractivity (Wildman–Crippen MR) is 55.0 cm³/mol. The molecule has 1 heterocycles. The molecule has 0 bridgehead atoms. The lowest BCUT2D eigenvalue weighted by molar-refractivity contribution is -0.136. The molecule has 3 N–H and O–H groups in total. The van der Waals surface area contributed by atoms with Crippen LogP contribution in [0, 0.1) is 0 Å². The van der Waals surface area contributed by atoms with Crippen molar-refractivity contribution in [2.24, 2.45) is 5.73 Å². The molecule has 0 fully saturated rings. The van der Waals surface area contributed by atoms with Crippen molar-refractivity contribution in [2.45, 2.75) is 19.4 Å². The smallest absolute Gasteiger partial charge is 0.309 e. The molecule has 1 aromatic rings. The number of alkyl halides is 2. The fourth-order valence-corrected chi connectivity index (χ4v) is 1.48. The van der Waals surface area contributed by atoms with E-state index in [-0.39, 0.29) is 29.1 Å². The van der Waals surface area contributed by atoms with Crippen LogP contribution in [0.25, 0.3) is 0 Å². The maximum atomic E-state index is 12.9. The average molecular weight is 246 g/mol. The van der Waals surface area contributed by atoms with Gasteiger partial charge >= 0.3 is 5.97 Å². The summed E-state index contributed by atoms with van der Waals surface area (Å²) in [4.78, 5) is 14.3. The first-order valence-corrected chi connectivity index (χ1v) is 4.75. The third-order valence-electron chi connectivity index (χ3n) is 2.19. The highest BCUT2D eigenvalue weighted by atomic mass is 19.3. The molecule has 0 radical (unpaired) electrons. The molecule has 7 heteroatoms. The fraction of sp³-hybridized carbons (Fsp3) is 0.400. The number of nitrogens with two attached hydrogens (primary N) is 1. The second-order valence-electron chi connectivity index (χ2n) is 3.25. The van der Waals surface area contributed by atoms with E-state index in [1.807, 2.05) is 0 Å². The number of halogens is 2. The van der Waals surface area contributed by atoms with Crippen molar-refractivity contribution in [3.63, 3.8) is 0 Å². The highest BCUT2D eigenvalue weighted by molar-refractivity contribution is 5.71. The summed E-state index contributed by atoms with van der Waals surface area (Å²) in [7, 11) is 1.19. The van der Waals surface area contributed by atoms with E-state index in [9.17, 15) is 13.6 Å². The minimum atomic E-state index is -2.79. The van der Waals surface area contributed by atoms with Crippen LogP contribution in [0.3, 0.4) is 0 Å². The number of carboxylic acids is 1. The zero-order chi connectivity index (χ0) is 13.0. The van der Waals surface area contributed by atoms with Crippen LogP contribution in [0.1, 0.15) is 23.2 Å². The first-order chi connectivity index (χ1) is 8.01. The van der Waals surface area contributed by atoms with E-state index < -0.39 is 18.8 Å². The average Bonchev–Trinajstić information content (AvgIpc) is 2.27. The van der Waals surface area contributed by atoms with Crippen LogP contribution in [0.15, 0.2) is 6.20 Å².